The van der Waals surface area contributed by atoms with Gasteiger partial charge in [-0.3, -0.25) is 4.79 Å². The number of esters is 1. The second-order valence-corrected chi connectivity index (χ2v) is 7.11. The molecule has 1 saturated heterocycles. The summed E-state index contributed by atoms with van der Waals surface area (Å²) in [6.07, 6.45) is 1.10. The lowest BCUT2D eigenvalue weighted by atomic mass is 9.92. The number of hydrogen-bond donors (Lipinski definition) is 0. The summed E-state index contributed by atoms with van der Waals surface area (Å²) in [5, 5.41) is 0.420. The number of benzene rings is 1. The van der Waals surface area contributed by atoms with Gasteiger partial charge in [-0.1, -0.05) is 37.0 Å². The Morgan fingerprint density at radius 2 is 1.71 bits per heavy atom. The Labute approximate surface area is 151 Å². The molecule has 132 valence electrons. The number of halogens is 2. The van der Waals surface area contributed by atoms with Gasteiger partial charge in [0.25, 0.3) is 5.91 Å². The zero-order valence-corrected chi connectivity index (χ0v) is 15.5. The third-order valence-electron chi connectivity index (χ3n) is 3.99. The molecule has 2 rings (SSSR count). The minimum absolute atomic E-state index is 0.180. The van der Waals surface area contributed by atoms with Crippen molar-refractivity contribution in [3.63, 3.8) is 0 Å². The Hall–Kier alpha value is -1.46. The molecule has 2 atom stereocenters. The fourth-order valence-corrected chi connectivity index (χ4v) is 3.68. The molecule has 0 N–H and O–H groups in total. The lowest BCUT2D eigenvalue weighted by molar-refractivity contribution is -0.137. The highest BCUT2D eigenvalue weighted by Gasteiger charge is 2.26. The predicted octanol–water partition coefficient (Wildman–Crippen LogP) is 3.66. The van der Waals surface area contributed by atoms with E-state index in [9.17, 15) is 9.59 Å². The van der Waals surface area contributed by atoms with Crippen LogP contribution in [0.1, 0.15) is 30.6 Å². The number of amides is 1. The monoisotopic (exact) mass is 373 g/mol. The lowest BCUT2D eigenvalue weighted by Crippen LogP contribution is -2.44. The Kier molecular flexibility index (Phi) is 6.35. The molecule has 0 aromatic heterocycles. The topological polar surface area (TPSA) is 55.8 Å². The van der Waals surface area contributed by atoms with Crippen LogP contribution in [-0.2, 0) is 9.53 Å². The summed E-state index contributed by atoms with van der Waals surface area (Å²) in [5.41, 5.74) is 0.180. The molecule has 1 fully saturated rings. The van der Waals surface area contributed by atoms with Crippen LogP contribution in [-0.4, -0.2) is 43.6 Å². The first-order valence-electron chi connectivity index (χ1n) is 7.79. The van der Waals surface area contributed by atoms with Gasteiger partial charge in [0.15, 0.2) is 12.4 Å². The molecule has 1 aliphatic heterocycles. The third kappa shape index (κ3) is 4.54. The molecular formula is C17H21Cl2NO4. The molecule has 24 heavy (non-hydrogen) atoms. The Morgan fingerprint density at radius 3 is 2.21 bits per heavy atom. The quantitative estimate of drug-likeness (QED) is 0.755. The van der Waals surface area contributed by atoms with E-state index in [1.54, 1.807) is 4.90 Å². The number of carbonyl (C=O) groups excluding carboxylic acids is 2. The normalized spacial score (nSPS) is 20.6. The molecule has 5 nitrogen and oxygen atoms in total. The molecule has 1 aromatic carbocycles. The molecule has 1 amide bonds. The summed E-state index contributed by atoms with van der Waals surface area (Å²) in [5.74, 6) is 0.364. The summed E-state index contributed by atoms with van der Waals surface area (Å²) >= 11 is 12.0. The zero-order chi connectivity index (χ0) is 17.9. The summed E-state index contributed by atoms with van der Waals surface area (Å²) in [4.78, 5) is 26.1. The van der Waals surface area contributed by atoms with Crippen LogP contribution in [0.15, 0.2) is 12.1 Å². The maximum atomic E-state index is 12.2. The molecule has 0 saturated carbocycles. The number of ether oxygens (including phenoxy) is 2. The van der Waals surface area contributed by atoms with Gasteiger partial charge in [0.05, 0.1) is 22.7 Å². The van der Waals surface area contributed by atoms with Crippen molar-refractivity contribution < 1.29 is 19.1 Å². The smallest absolute Gasteiger partial charge is 0.338 e. The van der Waals surface area contributed by atoms with Gasteiger partial charge in [0.2, 0.25) is 0 Å². The predicted molar refractivity (Wildman–Crippen MR) is 92.8 cm³/mol. The molecule has 1 aromatic rings. The van der Waals surface area contributed by atoms with E-state index < -0.39 is 5.97 Å². The van der Waals surface area contributed by atoms with E-state index in [4.69, 9.17) is 32.7 Å². The Balaban J connectivity index is 1.97. The van der Waals surface area contributed by atoms with Crippen LogP contribution >= 0.6 is 23.2 Å². The number of rotatable bonds is 4. The van der Waals surface area contributed by atoms with Gasteiger partial charge in [-0.15, -0.1) is 0 Å². The van der Waals surface area contributed by atoms with Gasteiger partial charge in [-0.2, -0.15) is 0 Å². The van der Waals surface area contributed by atoms with E-state index in [0.29, 0.717) is 30.7 Å². The average Bonchev–Trinajstić information content (AvgIpc) is 2.50. The van der Waals surface area contributed by atoms with Crippen molar-refractivity contribution >= 4 is 35.1 Å². The molecule has 1 heterocycles. The second kappa shape index (κ2) is 8.08. The van der Waals surface area contributed by atoms with Crippen molar-refractivity contribution in [1.29, 1.82) is 0 Å². The van der Waals surface area contributed by atoms with Gasteiger partial charge in [0.1, 0.15) is 0 Å². The van der Waals surface area contributed by atoms with Crippen molar-refractivity contribution in [2.24, 2.45) is 11.8 Å². The highest BCUT2D eigenvalue weighted by molar-refractivity contribution is 6.37. The van der Waals surface area contributed by atoms with E-state index in [0.717, 1.165) is 6.42 Å². The van der Waals surface area contributed by atoms with Crippen molar-refractivity contribution in [2.75, 3.05) is 26.8 Å². The number of nitrogens with zero attached hydrogens (tertiary/aromatic N) is 1. The van der Waals surface area contributed by atoms with Crippen LogP contribution in [0, 0.1) is 11.8 Å². The van der Waals surface area contributed by atoms with Crippen LogP contribution in [0.5, 0.6) is 5.75 Å². The van der Waals surface area contributed by atoms with Crippen molar-refractivity contribution in [2.45, 2.75) is 20.3 Å². The summed E-state index contributed by atoms with van der Waals surface area (Å²) in [6.45, 7) is 5.33. The summed E-state index contributed by atoms with van der Waals surface area (Å²) < 4.78 is 10.1. The van der Waals surface area contributed by atoms with Gasteiger partial charge in [-0.05, 0) is 30.4 Å². The van der Waals surface area contributed by atoms with Crippen LogP contribution in [0.2, 0.25) is 10.0 Å². The number of hydrogen-bond acceptors (Lipinski definition) is 4. The van der Waals surface area contributed by atoms with Gasteiger partial charge in [-0.25, -0.2) is 4.79 Å². The maximum absolute atomic E-state index is 12.2. The van der Waals surface area contributed by atoms with Crippen molar-refractivity contribution in [3.8, 4) is 5.75 Å². The minimum Gasteiger partial charge on any atom is -0.494 e. The number of methoxy groups -OCH3 is 1. The first-order valence-corrected chi connectivity index (χ1v) is 8.55. The molecule has 0 spiro atoms. The number of likely N-dealkylation sites (tertiary alicyclic amines) is 1. The lowest BCUT2D eigenvalue weighted by Gasteiger charge is -2.34. The van der Waals surface area contributed by atoms with Crippen LogP contribution in [0.25, 0.3) is 0 Å². The SMILES string of the molecule is COc1c(Cl)cc(C(=O)OCC(=O)N2C[C@@H](C)C[C@H](C)C2)cc1Cl. The van der Waals surface area contributed by atoms with Crippen LogP contribution in [0.3, 0.4) is 0 Å². The molecule has 1 aliphatic rings. The summed E-state index contributed by atoms with van der Waals surface area (Å²) in [7, 11) is 1.43. The molecule has 7 heteroatoms. The van der Waals surface area contributed by atoms with Gasteiger partial charge >= 0.3 is 5.97 Å². The first kappa shape index (κ1) is 18.9. The molecule has 0 unspecified atom stereocenters. The maximum Gasteiger partial charge on any atom is 0.338 e. The number of piperidine rings is 1. The zero-order valence-electron chi connectivity index (χ0n) is 14.0. The van der Waals surface area contributed by atoms with Crippen LogP contribution < -0.4 is 4.74 Å². The first-order chi connectivity index (χ1) is 11.3. The van der Waals surface area contributed by atoms with Crippen LogP contribution in [0.4, 0.5) is 0 Å². The number of carbonyl (C=O) groups is 2. The fourth-order valence-electron chi connectivity index (χ4n) is 3.04. The minimum atomic E-state index is -0.645. The molecule has 0 radical (unpaired) electrons. The fraction of sp³-hybridized carbons (Fsp3) is 0.529. The molecular weight excluding hydrogens is 353 g/mol. The van der Waals surface area contributed by atoms with Crippen molar-refractivity contribution in [3.05, 3.63) is 27.7 Å². The molecule has 0 aliphatic carbocycles. The van der Waals surface area contributed by atoms with Crippen molar-refractivity contribution in [1.82, 2.24) is 4.90 Å². The van der Waals surface area contributed by atoms with Gasteiger partial charge < -0.3 is 14.4 Å². The highest BCUT2D eigenvalue weighted by Crippen LogP contribution is 2.34. The Morgan fingerprint density at radius 1 is 1.17 bits per heavy atom. The van der Waals surface area contributed by atoms with E-state index in [2.05, 4.69) is 13.8 Å². The molecule has 0 bridgehead atoms. The van der Waals surface area contributed by atoms with E-state index in [1.165, 1.54) is 19.2 Å². The largest absolute Gasteiger partial charge is 0.494 e. The summed E-state index contributed by atoms with van der Waals surface area (Å²) in [6, 6.07) is 2.81. The van der Waals surface area contributed by atoms with E-state index >= 15 is 0 Å². The second-order valence-electron chi connectivity index (χ2n) is 6.29. The van der Waals surface area contributed by atoms with Gasteiger partial charge in [0, 0.05) is 13.1 Å². The average molecular weight is 374 g/mol. The van der Waals surface area contributed by atoms with E-state index in [-0.39, 0.29) is 28.1 Å². The third-order valence-corrected chi connectivity index (χ3v) is 4.55. The highest BCUT2D eigenvalue weighted by atomic mass is 35.5. The van der Waals surface area contributed by atoms with E-state index in [1.807, 2.05) is 0 Å². The standard InChI is InChI=1S/C17H21Cl2NO4/c1-10-4-11(2)8-20(7-10)15(21)9-24-17(22)12-5-13(18)16(23-3)14(19)6-12/h5-6,10-11H,4,7-9H2,1-3H3/t10-,11-/m0/s1. The Bertz CT molecular complexity index is 602.